The van der Waals surface area contributed by atoms with Gasteiger partial charge in [0.2, 0.25) is 5.69 Å². The minimum Gasteiger partial charge on any atom is -0.404 e. The van der Waals surface area contributed by atoms with E-state index < -0.39 is 9.98 Å². The number of nitrogens with one attached hydrogen (secondary N) is 2. The van der Waals surface area contributed by atoms with Gasteiger partial charge in [-0.05, 0) is 42.1 Å². The van der Waals surface area contributed by atoms with Crippen LogP contribution in [0.5, 0.6) is 0 Å². The van der Waals surface area contributed by atoms with E-state index in [1.807, 2.05) is 6.07 Å². The third-order valence-corrected chi connectivity index (χ3v) is 7.06. The molecule has 0 bridgehead atoms. The third kappa shape index (κ3) is 5.24. The van der Waals surface area contributed by atoms with Crippen molar-refractivity contribution in [3.63, 3.8) is 0 Å². The number of hydrogen-bond acceptors (Lipinski definition) is 9. The number of quaternary nitrogens is 1. The molecule has 0 amide bonds. The Labute approximate surface area is 219 Å². The first kappa shape index (κ1) is 25.4. The van der Waals surface area contributed by atoms with E-state index in [1.54, 1.807) is 36.5 Å². The molecule has 2 aliphatic rings. The molecule has 0 radical (unpaired) electrons. The molecule has 1 aliphatic carbocycles. The van der Waals surface area contributed by atoms with Gasteiger partial charge in [0.1, 0.15) is 24.3 Å². The Kier molecular flexibility index (Phi) is 7.01. The highest BCUT2D eigenvalue weighted by Gasteiger charge is 2.36. The summed E-state index contributed by atoms with van der Waals surface area (Å²) in [5.41, 5.74) is 8.07. The topological polar surface area (TPSA) is 120 Å². The van der Waals surface area contributed by atoms with E-state index in [1.165, 1.54) is 22.7 Å². The van der Waals surface area contributed by atoms with Gasteiger partial charge in [-0.15, -0.1) is 5.01 Å². The lowest BCUT2D eigenvalue weighted by Crippen LogP contribution is -2.59. The lowest BCUT2D eigenvalue weighted by atomic mass is 10.1. The molecule has 3 aromatic rings. The highest BCUT2D eigenvalue weighted by Crippen LogP contribution is 2.31. The molecule has 1 aliphatic heterocycles. The minimum atomic E-state index is -0.847. The first-order valence-corrected chi connectivity index (χ1v) is 12.5. The molecule has 2 fully saturated rings. The predicted octanol–water partition coefficient (Wildman–Crippen LogP) is 2.78. The van der Waals surface area contributed by atoms with Crippen LogP contribution in [0.2, 0.25) is 0 Å². The van der Waals surface area contributed by atoms with Gasteiger partial charge in [-0.2, -0.15) is 5.21 Å². The zero-order valence-corrected chi connectivity index (χ0v) is 21.3. The quantitative estimate of drug-likeness (QED) is 0.139. The molecule has 3 heterocycles. The molecule has 1 atom stereocenters. The predicted molar refractivity (Wildman–Crippen MR) is 147 cm³/mol. The second-order valence-corrected chi connectivity index (χ2v) is 9.79. The normalized spacial score (nSPS) is 18.9. The van der Waals surface area contributed by atoms with Gasteiger partial charge in [0.25, 0.3) is 5.56 Å². The fourth-order valence-corrected chi connectivity index (χ4v) is 4.46. The molecule has 2 aromatic heterocycles. The summed E-state index contributed by atoms with van der Waals surface area (Å²) < 4.78 is 15.7. The summed E-state index contributed by atoms with van der Waals surface area (Å²) in [6.07, 6.45) is 7.04. The summed E-state index contributed by atoms with van der Waals surface area (Å²) in [6.45, 7) is 4.15. The molecule has 1 unspecified atom stereocenters. The van der Waals surface area contributed by atoms with Crippen LogP contribution in [0.4, 0.5) is 21.6 Å². The standard InChI is InChI=1S/C25H29FN8O2S/c1-16-24(30-22-6-5-20(12-21(22)26)34(36,37)32-10-8-28-9-11-32)31-23-7-2-17(15-33(23)25(16)35)18(13-27)14-29-19-3-4-19/h2,5-7,12-15,19,28,36-37H,3-4,8-11H2,1H3,(H2-,27,29,30,35)/p+1. The van der Waals surface area contributed by atoms with Crippen LogP contribution in [0.1, 0.15) is 24.0 Å². The number of benzene rings is 1. The van der Waals surface area contributed by atoms with Crippen molar-refractivity contribution in [1.29, 1.82) is 0 Å². The highest BCUT2D eigenvalue weighted by molar-refractivity contribution is 7.79. The number of thiol groups is 1. The van der Waals surface area contributed by atoms with Crippen LogP contribution in [-0.2, 0) is 0 Å². The second kappa shape index (κ2) is 10.2. The van der Waals surface area contributed by atoms with Gasteiger partial charge >= 0.3 is 0 Å². The molecule has 10 nitrogen and oxygen atoms in total. The lowest BCUT2D eigenvalue weighted by Gasteiger charge is -2.35. The van der Waals surface area contributed by atoms with Crippen LogP contribution in [0.3, 0.4) is 0 Å². The number of piperazine rings is 1. The monoisotopic (exact) mass is 525 g/mol. The van der Waals surface area contributed by atoms with Gasteiger partial charge in [-0.3, -0.25) is 14.2 Å². The molecule has 0 spiro atoms. The number of anilines is 2. The number of allylic oxidation sites excluding steroid dienone is 1. The molecular formula is C25H30FN8O2S+. The van der Waals surface area contributed by atoms with Crippen molar-refractivity contribution in [2.45, 2.75) is 25.8 Å². The Morgan fingerprint density at radius 1 is 1.32 bits per heavy atom. The number of fused-ring (bicyclic) bond motifs is 1. The van der Waals surface area contributed by atoms with E-state index in [-0.39, 0.29) is 22.8 Å². The molecule has 1 saturated heterocycles. The van der Waals surface area contributed by atoms with Gasteiger partial charge in [0.15, 0.2) is 5.82 Å². The molecule has 194 valence electrons. The molecule has 37 heavy (non-hydrogen) atoms. The van der Waals surface area contributed by atoms with Crippen molar-refractivity contribution in [1.82, 2.24) is 23.9 Å². The molecular weight excluding hydrogens is 495 g/mol. The summed E-state index contributed by atoms with van der Waals surface area (Å²) in [6, 6.07) is 8.18. The maximum Gasteiger partial charge on any atom is 0.262 e. The number of pyridine rings is 1. The van der Waals surface area contributed by atoms with E-state index in [4.69, 9.17) is 5.73 Å². The summed E-state index contributed by atoms with van der Waals surface area (Å²) in [7, 11) is 0. The van der Waals surface area contributed by atoms with Crippen molar-refractivity contribution in [2.24, 2.45) is 10.7 Å². The van der Waals surface area contributed by atoms with E-state index in [9.17, 15) is 10.0 Å². The van der Waals surface area contributed by atoms with Crippen molar-refractivity contribution in [3.05, 3.63) is 70.0 Å². The zero-order chi connectivity index (χ0) is 26.2. The van der Waals surface area contributed by atoms with Crippen LogP contribution < -0.4 is 26.1 Å². The second-order valence-electron chi connectivity index (χ2n) is 9.23. The average Bonchev–Trinajstić information content (AvgIpc) is 3.74. The van der Waals surface area contributed by atoms with Crippen LogP contribution >= 0.6 is 12.8 Å². The molecule has 12 heteroatoms. The third-order valence-electron chi connectivity index (χ3n) is 6.57. The Bertz CT molecular complexity index is 1440. The van der Waals surface area contributed by atoms with Crippen LogP contribution in [-0.4, -0.2) is 58.0 Å². The maximum absolute atomic E-state index is 15.1. The Hall–Kier alpha value is -3.29. The number of halogens is 1. The first-order chi connectivity index (χ1) is 17.8. The van der Waals surface area contributed by atoms with Crippen LogP contribution in [0.25, 0.3) is 11.2 Å². The smallest absolute Gasteiger partial charge is 0.262 e. The Morgan fingerprint density at radius 2 is 2.08 bits per heavy atom. The van der Waals surface area contributed by atoms with E-state index >= 15 is 4.39 Å². The van der Waals surface area contributed by atoms with E-state index in [0.717, 1.165) is 18.4 Å². The number of aliphatic imine (C=N–C) groups is 1. The first-order valence-electron chi connectivity index (χ1n) is 12.1. The molecule has 5 N–H and O–H groups in total. The highest BCUT2D eigenvalue weighted by atomic mass is 32.1. The number of rotatable bonds is 7. The minimum absolute atomic E-state index is 0.123. The lowest BCUT2D eigenvalue weighted by molar-refractivity contribution is -0.148. The van der Waals surface area contributed by atoms with Gasteiger partial charge < -0.3 is 16.4 Å². The van der Waals surface area contributed by atoms with Crippen molar-refractivity contribution in [2.75, 3.05) is 31.5 Å². The number of aromatic nitrogens is 2. The zero-order valence-electron chi connectivity index (χ0n) is 20.4. The largest absolute Gasteiger partial charge is 0.404 e. The van der Waals surface area contributed by atoms with Crippen molar-refractivity contribution < 1.29 is 9.60 Å². The van der Waals surface area contributed by atoms with Crippen molar-refractivity contribution >= 4 is 47.4 Å². The van der Waals surface area contributed by atoms with E-state index in [0.29, 0.717) is 49.0 Å². The SMILES string of the molecule is Cc1c(Nc2ccc([N+](O)(S)N3CCNCC3)cc2F)nc2ccc(/C(C=NC3CC3)=C/N)cn2c1=O. The summed E-state index contributed by atoms with van der Waals surface area (Å²) in [4.78, 5) is 22.2. The molecule has 5 rings (SSSR count). The Balaban J connectivity index is 1.42. The number of nitrogens with zero attached hydrogens (tertiary/aromatic N) is 5. The van der Waals surface area contributed by atoms with Gasteiger partial charge in [-0.25, -0.2) is 9.37 Å². The summed E-state index contributed by atoms with van der Waals surface area (Å²) >= 11 is 4.35. The summed E-state index contributed by atoms with van der Waals surface area (Å²) in [5, 5.41) is 18.7. The van der Waals surface area contributed by atoms with Crippen LogP contribution in [0.15, 0.2) is 52.5 Å². The maximum atomic E-state index is 15.1. The number of hydrogen-bond donors (Lipinski definition) is 5. The van der Waals surface area contributed by atoms with Gasteiger partial charge in [0.05, 0.1) is 30.4 Å². The van der Waals surface area contributed by atoms with Crippen molar-refractivity contribution in [3.8, 4) is 0 Å². The fraction of sp³-hybridized carbons (Fsp3) is 0.320. The van der Waals surface area contributed by atoms with Crippen LogP contribution in [0, 0.1) is 12.7 Å². The molecule has 1 aromatic carbocycles. The van der Waals surface area contributed by atoms with Gasteiger partial charge in [-0.1, -0.05) is 0 Å². The van der Waals surface area contributed by atoms with Gasteiger partial charge in [0, 0.05) is 55.0 Å². The Morgan fingerprint density at radius 3 is 2.76 bits per heavy atom. The fourth-order valence-electron chi connectivity index (χ4n) is 4.16. The summed E-state index contributed by atoms with van der Waals surface area (Å²) in [5.74, 6) is -0.366. The van der Waals surface area contributed by atoms with E-state index in [2.05, 4.69) is 33.4 Å². The number of nitrogens with two attached hydrogens (primary N) is 1. The average molecular weight is 526 g/mol. The molecule has 1 saturated carbocycles.